The van der Waals surface area contributed by atoms with E-state index in [1.807, 2.05) is 35.7 Å². The fraction of sp³-hybridized carbons (Fsp3) is 0.400. The minimum absolute atomic E-state index is 0.00873. The van der Waals surface area contributed by atoms with Crippen LogP contribution in [0.2, 0.25) is 0 Å². The highest BCUT2D eigenvalue weighted by atomic mass is 32.1. The summed E-state index contributed by atoms with van der Waals surface area (Å²) < 4.78 is 0. The second kappa shape index (κ2) is 8.96. The van der Waals surface area contributed by atoms with E-state index in [1.54, 1.807) is 0 Å². The summed E-state index contributed by atoms with van der Waals surface area (Å²) >= 11 is 1.46. The lowest BCUT2D eigenvalue weighted by Gasteiger charge is -2.31. The molecule has 0 aliphatic carbocycles. The number of aryl methyl sites for hydroxylation is 1. The minimum Gasteiger partial charge on any atom is -0.351 e. The van der Waals surface area contributed by atoms with Crippen LogP contribution in [0, 0.1) is 6.92 Å². The molecule has 1 aromatic carbocycles. The maximum atomic E-state index is 12.2. The number of carbonyl (C=O) groups excluding carboxylic acids is 2. The van der Waals surface area contributed by atoms with Gasteiger partial charge in [-0.15, -0.1) is 11.3 Å². The van der Waals surface area contributed by atoms with Crippen LogP contribution < -0.4 is 10.6 Å². The molecule has 1 aromatic heterocycles. The van der Waals surface area contributed by atoms with Gasteiger partial charge in [-0.25, -0.2) is 0 Å². The fourth-order valence-corrected chi connectivity index (χ4v) is 3.79. The molecule has 2 aromatic rings. The van der Waals surface area contributed by atoms with Gasteiger partial charge in [0.1, 0.15) is 0 Å². The highest BCUT2D eigenvalue weighted by Gasteiger charge is 2.22. The topological polar surface area (TPSA) is 61.4 Å². The average Bonchev–Trinajstić information content (AvgIpc) is 3.17. The van der Waals surface area contributed by atoms with E-state index in [9.17, 15) is 9.59 Å². The number of carbonyl (C=O) groups is 2. The van der Waals surface area contributed by atoms with Gasteiger partial charge >= 0.3 is 0 Å². The van der Waals surface area contributed by atoms with Crippen molar-refractivity contribution in [1.29, 1.82) is 0 Å². The second-order valence-corrected chi connectivity index (χ2v) is 7.65. The van der Waals surface area contributed by atoms with Gasteiger partial charge < -0.3 is 10.6 Å². The van der Waals surface area contributed by atoms with Crippen LogP contribution in [0.4, 0.5) is 0 Å². The standard InChI is InChI=1S/C20H25N3O2S/c1-15-5-2-3-6-16(15)13-21-19(24)14-23-10-8-17(9-11-23)22-20(25)18-7-4-12-26-18/h2-7,12,17H,8-11,13-14H2,1H3,(H,21,24)(H,22,25). The Morgan fingerprint density at radius 1 is 1.15 bits per heavy atom. The van der Waals surface area contributed by atoms with E-state index >= 15 is 0 Å². The van der Waals surface area contributed by atoms with Crippen LogP contribution in [-0.2, 0) is 11.3 Å². The predicted molar refractivity (Wildman–Crippen MR) is 104 cm³/mol. The number of thiophene rings is 1. The molecule has 0 saturated carbocycles. The number of hydrogen-bond acceptors (Lipinski definition) is 4. The van der Waals surface area contributed by atoms with Crippen molar-refractivity contribution in [3.8, 4) is 0 Å². The molecule has 2 N–H and O–H groups in total. The molecule has 2 amide bonds. The van der Waals surface area contributed by atoms with Crippen molar-refractivity contribution in [3.05, 3.63) is 57.8 Å². The monoisotopic (exact) mass is 371 g/mol. The Morgan fingerprint density at radius 2 is 1.92 bits per heavy atom. The summed E-state index contributed by atoms with van der Waals surface area (Å²) in [6.45, 7) is 4.69. The molecule has 0 radical (unpaired) electrons. The van der Waals surface area contributed by atoms with E-state index in [1.165, 1.54) is 16.9 Å². The third kappa shape index (κ3) is 5.16. The number of nitrogens with zero attached hydrogens (tertiary/aromatic N) is 1. The largest absolute Gasteiger partial charge is 0.351 e. The van der Waals surface area contributed by atoms with E-state index < -0.39 is 0 Å². The summed E-state index contributed by atoms with van der Waals surface area (Å²) in [6.07, 6.45) is 1.75. The second-order valence-electron chi connectivity index (χ2n) is 6.70. The van der Waals surface area contributed by atoms with Crippen LogP contribution in [0.5, 0.6) is 0 Å². The van der Waals surface area contributed by atoms with Gasteiger partial charge in [-0.1, -0.05) is 30.3 Å². The number of likely N-dealkylation sites (tertiary alicyclic amines) is 1. The number of amides is 2. The molecular formula is C20H25N3O2S. The molecule has 0 spiro atoms. The van der Waals surface area contributed by atoms with Crippen LogP contribution in [0.25, 0.3) is 0 Å². The number of hydrogen-bond donors (Lipinski definition) is 2. The molecule has 1 saturated heterocycles. The Balaban J connectivity index is 1.37. The summed E-state index contributed by atoms with van der Waals surface area (Å²) in [5.74, 6) is 0.0590. The van der Waals surface area contributed by atoms with Crippen molar-refractivity contribution in [1.82, 2.24) is 15.5 Å². The number of benzene rings is 1. The lowest BCUT2D eigenvalue weighted by Crippen LogP contribution is -2.47. The molecule has 0 atom stereocenters. The maximum Gasteiger partial charge on any atom is 0.261 e. The molecule has 1 aliphatic rings. The van der Waals surface area contributed by atoms with Gasteiger partial charge in [-0.2, -0.15) is 0 Å². The van der Waals surface area contributed by atoms with Gasteiger partial charge in [0.05, 0.1) is 11.4 Å². The third-order valence-corrected chi connectivity index (χ3v) is 5.64. The Hall–Kier alpha value is -2.18. The summed E-state index contributed by atoms with van der Waals surface area (Å²) in [6, 6.07) is 12.0. The Bertz CT molecular complexity index is 737. The molecule has 1 aliphatic heterocycles. The number of rotatable bonds is 6. The molecule has 1 fully saturated rings. The number of piperidine rings is 1. The van der Waals surface area contributed by atoms with Crippen molar-refractivity contribution in [2.45, 2.75) is 32.4 Å². The summed E-state index contributed by atoms with van der Waals surface area (Å²) in [7, 11) is 0. The van der Waals surface area contributed by atoms with Crippen molar-refractivity contribution >= 4 is 23.2 Å². The minimum atomic E-state index is 0.00873. The fourth-order valence-electron chi connectivity index (χ4n) is 3.16. The molecule has 138 valence electrons. The first-order valence-electron chi connectivity index (χ1n) is 9.00. The zero-order valence-corrected chi connectivity index (χ0v) is 15.8. The van der Waals surface area contributed by atoms with E-state index in [4.69, 9.17) is 0 Å². The van der Waals surface area contributed by atoms with E-state index in [0.717, 1.165) is 36.4 Å². The SMILES string of the molecule is Cc1ccccc1CNC(=O)CN1CCC(NC(=O)c2cccs2)CC1. The zero-order valence-electron chi connectivity index (χ0n) is 15.0. The summed E-state index contributed by atoms with van der Waals surface area (Å²) in [5, 5.41) is 8.00. The van der Waals surface area contributed by atoms with Crippen molar-refractivity contribution in [2.75, 3.05) is 19.6 Å². The highest BCUT2D eigenvalue weighted by molar-refractivity contribution is 7.12. The molecule has 2 heterocycles. The summed E-state index contributed by atoms with van der Waals surface area (Å²) in [4.78, 5) is 27.2. The van der Waals surface area contributed by atoms with E-state index in [2.05, 4.69) is 28.5 Å². The van der Waals surface area contributed by atoms with Crippen LogP contribution in [0.15, 0.2) is 41.8 Å². The van der Waals surface area contributed by atoms with Crippen molar-refractivity contribution in [2.24, 2.45) is 0 Å². The highest BCUT2D eigenvalue weighted by Crippen LogP contribution is 2.13. The summed E-state index contributed by atoms with van der Waals surface area (Å²) in [5.41, 5.74) is 2.34. The normalized spacial score (nSPS) is 15.6. The Morgan fingerprint density at radius 3 is 2.62 bits per heavy atom. The number of nitrogens with one attached hydrogen (secondary N) is 2. The molecule has 6 heteroatoms. The molecule has 0 bridgehead atoms. The van der Waals surface area contributed by atoms with Gasteiger partial charge in [0.15, 0.2) is 0 Å². The quantitative estimate of drug-likeness (QED) is 0.820. The molecular weight excluding hydrogens is 346 g/mol. The lowest BCUT2D eigenvalue weighted by molar-refractivity contribution is -0.122. The average molecular weight is 372 g/mol. The van der Waals surface area contributed by atoms with Gasteiger partial charge in [0.2, 0.25) is 5.91 Å². The van der Waals surface area contributed by atoms with Gasteiger partial charge in [-0.3, -0.25) is 14.5 Å². The maximum absolute atomic E-state index is 12.2. The first-order valence-corrected chi connectivity index (χ1v) is 9.87. The smallest absolute Gasteiger partial charge is 0.261 e. The third-order valence-electron chi connectivity index (χ3n) is 4.77. The van der Waals surface area contributed by atoms with Crippen LogP contribution >= 0.6 is 11.3 Å². The molecule has 0 unspecified atom stereocenters. The molecule has 3 rings (SSSR count). The van der Waals surface area contributed by atoms with E-state index in [-0.39, 0.29) is 17.9 Å². The van der Waals surface area contributed by atoms with Gasteiger partial charge in [0, 0.05) is 25.7 Å². The first kappa shape index (κ1) is 18.6. The molecule has 26 heavy (non-hydrogen) atoms. The van der Waals surface area contributed by atoms with Crippen molar-refractivity contribution < 1.29 is 9.59 Å². The van der Waals surface area contributed by atoms with Crippen LogP contribution in [0.1, 0.15) is 33.6 Å². The predicted octanol–water partition coefficient (Wildman–Crippen LogP) is 2.57. The first-order chi connectivity index (χ1) is 12.6. The molecule has 5 nitrogen and oxygen atoms in total. The van der Waals surface area contributed by atoms with Gasteiger partial charge in [0.25, 0.3) is 5.91 Å². The van der Waals surface area contributed by atoms with E-state index in [0.29, 0.717) is 13.1 Å². The van der Waals surface area contributed by atoms with Gasteiger partial charge in [-0.05, 0) is 42.3 Å². The lowest BCUT2D eigenvalue weighted by atomic mass is 10.0. The zero-order chi connectivity index (χ0) is 18.4. The van der Waals surface area contributed by atoms with Crippen LogP contribution in [0.3, 0.4) is 0 Å². The Labute approximate surface area is 158 Å². The van der Waals surface area contributed by atoms with Crippen LogP contribution in [-0.4, -0.2) is 42.4 Å². The van der Waals surface area contributed by atoms with Crippen molar-refractivity contribution in [3.63, 3.8) is 0 Å². The Kier molecular flexibility index (Phi) is 6.41.